The van der Waals surface area contributed by atoms with E-state index in [2.05, 4.69) is 52.6 Å². The molecule has 3 aromatic heterocycles. The van der Waals surface area contributed by atoms with Crippen molar-refractivity contribution in [1.29, 1.82) is 0 Å². The number of ether oxygens (including phenoxy) is 2. The Morgan fingerprint density at radius 3 is 2.88 bits per heavy atom. The summed E-state index contributed by atoms with van der Waals surface area (Å²) in [7, 11) is 1.83. The minimum atomic E-state index is -0.276. The van der Waals surface area contributed by atoms with Gasteiger partial charge in [-0.3, -0.25) is 14.7 Å². The number of benzene rings is 2. The first-order valence-electron chi connectivity index (χ1n) is 14.8. The summed E-state index contributed by atoms with van der Waals surface area (Å²) in [6.45, 7) is 10.1. The molecule has 8 nitrogen and oxygen atoms in total. The highest BCUT2D eigenvalue weighted by atomic mass is 35.5. The predicted molar refractivity (Wildman–Crippen MR) is 171 cm³/mol. The summed E-state index contributed by atoms with van der Waals surface area (Å²) >= 11 is 8.55. The first kappa shape index (κ1) is 29.5. The molecular formula is C33H36ClN5O3S. The number of aryl methyl sites for hydroxylation is 2. The van der Waals surface area contributed by atoms with Crippen molar-refractivity contribution in [2.24, 2.45) is 7.05 Å². The maximum Gasteiger partial charge on any atom is 0.306 e. The van der Waals surface area contributed by atoms with E-state index in [4.69, 9.17) is 26.1 Å². The molecule has 3 atom stereocenters. The molecule has 0 radical (unpaired) electrons. The highest BCUT2D eigenvalue weighted by molar-refractivity contribution is 7.17. The molecule has 0 saturated carbocycles. The molecule has 0 bridgehead atoms. The highest BCUT2D eigenvalue weighted by Gasteiger charge is 2.30. The molecule has 0 aliphatic carbocycles. The largest absolute Gasteiger partial charge is 0.487 e. The molecule has 0 unspecified atom stereocenters. The lowest BCUT2D eigenvalue weighted by molar-refractivity contribution is -0.143. The van der Waals surface area contributed by atoms with Crippen molar-refractivity contribution >= 4 is 50.0 Å². The molecule has 43 heavy (non-hydrogen) atoms. The van der Waals surface area contributed by atoms with Crippen LogP contribution in [0.1, 0.15) is 73.5 Å². The van der Waals surface area contributed by atoms with Gasteiger partial charge < -0.3 is 9.47 Å². The SMILES string of the molecule is CCOC(=O)C[C@H](c1cc(CN2C[C@@H](CC)Oc3cccnc3[C@@H]2C)c2sccc2c1)c1cc(Cl)c2c(nnn2C)c1C. The molecule has 0 spiro atoms. The number of esters is 1. The van der Waals surface area contributed by atoms with Crippen LogP contribution in [0.25, 0.3) is 21.1 Å². The van der Waals surface area contributed by atoms with Crippen LogP contribution < -0.4 is 4.74 Å². The Kier molecular flexibility index (Phi) is 8.40. The molecule has 0 saturated heterocycles. The normalized spacial score (nSPS) is 17.9. The van der Waals surface area contributed by atoms with E-state index in [1.807, 2.05) is 45.3 Å². The highest BCUT2D eigenvalue weighted by Crippen LogP contribution is 2.40. The Bertz CT molecular complexity index is 1800. The lowest BCUT2D eigenvalue weighted by atomic mass is 9.84. The van der Waals surface area contributed by atoms with Gasteiger partial charge in [-0.1, -0.05) is 29.8 Å². The molecule has 2 aromatic carbocycles. The smallest absolute Gasteiger partial charge is 0.306 e. The van der Waals surface area contributed by atoms with Crippen LogP contribution in [-0.4, -0.2) is 50.1 Å². The quantitative estimate of drug-likeness (QED) is 0.168. The van der Waals surface area contributed by atoms with Gasteiger partial charge in [-0.2, -0.15) is 0 Å². The minimum Gasteiger partial charge on any atom is -0.487 e. The number of aromatic nitrogens is 4. The van der Waals surface area contributed by atoms with Gasteiger partial charge in [0, 0.05) is 37.0 Å². The van der Waals surface area contributed by atoms with Crippen LogP contribution in [0.3, 0.4) is 0 Å². The van der Waals surface area contributed by atoms with E-state index in [9.17, 15) is 4.79 Å². The van der Waals surface area contributed by atoms with Crippen molar-refractivity contribution in [2.75, 3.05) is 13.2 Å². The Morgan fingerprint density at radius 1 is 1.26 bits per heavy atom. The maximum absolute atomic E-state index is 13.0. The lowest BCUT2D eigenvalue weighted by Gasteiger charge is -2.29. The Labute approximate surface area is 260 Å². The summed E-state index contributed by atoms with van der Waals surface area (Å²) in [5, 5.41) is 12.5. The zero-order valence-corrected chi connectivity index (χ0v) is 26.7. The van der Waals surface area contributed by atoms with E-state index >= 15 is 0 Å². The van der Waals surface area contributed by atoms with Crippen molar-refractivity contribution in [1.82, 2.24) is 24.9 Å². The number of fused-ring (bicyclic) bond motifs is 3. The number of carbonyl (C=O) groups is 1. The van der Waals surface area contributed by atoms with Crippen LogP contribution in [0.15, 0.2) is 48.0 Å². The standard InChI is InChI=1S/C33H36ClN5O3S/c1-6-24-18-39(20(4)31-28(42-24)9-8-11-35-31)17-23-14-22(13-21-10-12-43-33(21)23)26(16-29(40)41-7-2)25-15-27(34)32-30(19(25)3)36-37-38(32)5/h8-15,20,24,26H,6-7,16-18H2,1-5H3/t20-,24+,26+/m0/s1. The Hall–Kier alpha value is -3.53. The van der Waals surface area contributed by atoms with Crippen molar-refractivity contribution < 1.29 is 14.3 Å². The van der Waals surface area contributed by atoms with Gasteiger partial charge in [0.2, 0.25) is 0 Å². The van der Waals surface area contributed by atoms with Crippen molar-refractivity contribution in [2.45, 2.75) is 65.1 Å². The summed E-state index contributed by atoms with van der Waals surface area (Å²) in [5.74, 6) is 0.336. The molecule has 1 aliphatic rings. The Balaban J connectivity index is 1.46. The third kappa shape index (κ3) is 5.61. The zero-order valence-electron chi connectivity index (χ0n) is 25.1. The number of nitrogens with zero attached hydrogens (tertiary/aromatic N) is 5. The third-order valence-corrected chi connectivity index (χ3v) is 9.83. The van der Waals surface area contributed by atoms with Gasteiger partial charge in [-0.15, -0.1) is 16.4 Å². The van der Waals surface area contributed by atoms with Crippen molar-refractivity contribution in [3.63, 3.8) is 0 Å². The first-order chi connectivity index (χ1) is 20.8. The monoisotopic (exact) mass is 617 g/mol. The minimum absolute atomic E-state index is 0.0648. The van der Waals surface area contributed by atoms with Gasteiger partial charge in [0.05, 0.1) is 29.8 Å². The second-order valence-electron chi connectivity index (χ2n) is 11.2. The van der Waals surface area contributed by atoms with Gasteiger partial charge in [0.15, 0.2) is 0 Å². The maximum atomic E-state index is 13.0. The number of rotatable bonds is 8. The van der Waals surface area contributed by atoms with Crippen LogP contribution in [0.5, 0.6) is 5.75 Å². The fourth-order valence-corrected chi connectivity index (χ4v) is 7.46. The molecule has 10 heteroatoms. The fraction of sp³-hybridized carbons (Fsp3) is 0.394. The fourth-order valence-electron chi connectivity index (χ4n) is 6.24. The summed E-state index contributed by atoms with van der Waals surface area (Å²) in [6, 6.07) is 12.6. The average molecular weight is 618 g/mol. The average Bonchev–Trinajstić information content (AvgIpc) is 3.61. The lowest BCUT2D eigenvalue weighted by Crippen LogP contribution is -2.34. The predicted octanol–water partition coefficient (Wildman–Crippen LogP) is 7.36. The summed E-state index contributed by atoms with van der Waals surface area (Å²) in [4.78, 5) is 20.2. The number of hydrogen-bond donors (Lipinski definition) is 0. The molecule has 5 aromatic rings. The van der Waals surface area contributed by atoms with E-state index in [1.165, 1.54) is 10.3 Å². The van der Waals surface area contributed by atoms with Crippen LogP contribution in [0.2, 0.25) is 5.02 Å². The molecule has 4 heterocycles. The molecule has 224 valence electrons. The van der Waals surface area contributed by atoms with Gasteiger partial charge >= 0.3 is 5.97 Å². The molecule has 0 amide bonds. The number of thiophene rings is 1. The molecule has 1 aliphatic heterocycles. The second kappa shape index (κ2) is 12.2. The van der Waals surface area contributed by atoms with Crippen LogP contribution in [0.4, 0.5) is 0 Å². The van der Waals surface area contributed by atoms with E-state index in [-0.39, 0.29) is 30.5 Å². The zero-order chi connectivity index (χ0) is 30.2. The van der Waals surface area contributed by atoms with Gasteiger partial charge in [-0.25, -0.2) is 4.68 Å². The van der Waals surface area contributed by atoms with Crippen molar-refractivity contribution in [3.05, 3.63) is 80.9 Å². The van der Waals surface area contributed by atoms with E-state index in [0.717, 1.165) is 64.1 Å². The summed E-state index contributed by atoms with van der Waals surface area (Å²) in [5.41, 5.74) is 6.64. The van der Waals surface area contributed by atoms with Gasteiger partial charge in [0.1, 0.15) is 22.9 Å². The van der Waals surface area contributed by atoms with E-state index in [0.29, 0.717) is 11.6 Å². The number of halogens is 1. The third-order valence-electron chi connectivity index (χ3n) is 8.53. The first-order valence-corrected chi connectivity index (χ1v) is 16.0. The molecule has 6 rings (SSSR count). The van der Waals surface area contributed by atoms with Gasteiger partial charge in [0.25, 0.3) is 0 Å². The Morgan fingerprint density at radius 2 is 2.09 bits per heavy atom. The molecule has 0 fully saturated rings. The summed E-state index contributed by atoms with van der Waals surface area (Å²) in [6.07, 6.45) is 2.99. The second-order valence-corrected chi connectivity index (χ2v) is 12.5. The van der Waals surface area contributed by atoms with Crippen LogP contribution >= 0.6 is 22.9 Å². The van der Waals surface area contributed by atoms with Crippen LogP contribution in [0, 0.1) is 6.92 Å². The summed E-state index contributed by atoms with van der Waals surface area (Å²) < 4.78 is 14.8. The van der Waals surface area contributed by atoms with E-state index in [1.54, 1.807) is 16.0 Å². The van der Waals surface area contributed by atoms with E-state index < -0.39 is 0 Å². The number of pyridine rings is 1. The van der Waals surface area contributed by atoms with Gasteiger partial charge in [-0.05, 0) is 90.5 Å². The topological polar surface area (TPSA) is 82.4 Å². The van der Waals surface area contributed by atoms with Crippen LogP contribution in [-0.2, 0) is 23.1 Å². The number of carbonyl (C=O) groups excluding carboxylic acids is 1. The van der Waals surface area contributed by atoms with Crippen molar-refractivity contribution in [3.8, 4) is 5.75 Å². The molecular weight excluding hydrogens is 582 g/mol. The number of hydrogen-bond acceptors (Lipinski definition) is 8. The molecule has 0 N–H and O–H groups in total.